The molecule has 1 aliphatic rings. The first kappa shape index (κ1) is 21.4. The number of aromatic nitrogens is 2. The van der Waals surface area contributed by atoms with E-state index >= 15 is 0 Å². The molecule has 1 fully saturated rings. The summed E-state index contributed by atoms with van der Waals surface area (Å²) in [6.07, 6.45) is 6.10. The van der Waals surface area contributed by atoms with Crippen LogP contribution in [0.3, 0.4) is 0 Å². The van der Waals surface area contributed by atoms with Crippen LogP contribution in [0.5, 0.6) is 0 Å². The predicted molar refractivity (Wildman–Crippen MR) is 102 cm³/mol. The Balaban J connectivity index is 0.00000261. The molecule has 0 spiro atoms. The van der Waals surface area contributed by atoms with Crippen molar-refractivity contribution in [3.8, 4) is 0 Å². The minimum Gasteiger partial charge on any atom is -0.379 e. The summed E-state index contributed by atoms with van der Waals surface area (Å²) in [5.74, 6) is -0.217. The molecule has 3 rings (SSSR count). The molecule has 10 heteroatoms. The second-order valence-electron chi connectivity index (χ2n) is 5.95. The van der Waals surface area contributed by atoms with Gasteiger partial charge >= 0.3 is 0 Å². The largest absolute Gasteiger partial charge is 0.379 e. The molecule has 1 saturated heterocycles. The number of imidazole rings is 1. The number of amides is 1. The molecule has 27 heavy (non-hydrogen) atoms. The molecule has 0 bridgehead atoms. The highest BCUT2D eigenvalue weighted by Crippen LogP contribution is 2.17. The van der Waals surface area contributed by atoms with Crippen molar-refractivity contribution in [1.29, 1.82) is 0 Å². The van der Waals surface area contributed by atoms with Crippen LogP contribution in [-0.4, -0.2) is 61.0 Å². The van der Waals surface area contributed by atoms with Crippen LogP contribution < -0.4 is 5.32 Å². The van der Waals surface area contributed by atoms with Gasteiger partial charge in [0.15, 0.2) is 0 Å². The van der Waals surface area contributed by atoms with Crippen molar-refractivity contribution in [3.63, 3.8) is 0 Å². The van der Waals surface area contributed by atoms with E-state index in [4.69, 9.17) is 4.74 Å². The Kier molecular flexibility index (Phi) is 7.78. The summed E-state index contributed by atoms with van der Waals surface area (Å²) in [6.45, 7) is 2.81. The number of nitrogens with one attached hydrogen (secondary N) is 1. The molecule has 1 aromatic carbocycles. The van der Waals surface area contributed by atoms with Gasteiger partial charge in [-0.15, -0.1) is 12.4 Å². The molecule has 148 valence electrons. The van der Waals surface area contributed by atoms with Gasteiger partial charge < -0.3 is 14.6 Å². The fraction of sp³-hybridized carbons (Fsp3) is 0.412. The number of benzene rings is 1. The van der Waals surface area contributed by atoms with E-state index in [1.165, 1.54) is 16.4 Å². The number of hydrogen-bond donors (Lipinski definition) is 1. The second kappa shape index (κ2) is 9.84. The summed E-state index contributed by atoms with van der Waals surface area (Å²) in [5.41, 5.74) is 0.438. The third-order valence-electron chi connectivity index (χ3n) is 4.16. The second-order valence-corrected chi connectivity index (χ2v) is 7.89. The molecule has 0 atom stereocenters. The summed E-state index contributed by atoms with van der Waals surface area (Å²) in [4.78, 5) is 16.3. The number of carbonyl (C=O) groups is 1. The van der Waals surface area contributed by atoms with Gasteiger partial charge in [0, 0.05) is 44.1 Å². The first-order chi connectivity index (χ1) is 12.6. The smallest absolute Gasteiger partial charge is 0.251 e. The number of carbonyl (C=O) groups excluding carboxylic acids is 1. The van der Waals surface area contributed by atoms with E-state index < -0.39 is 10.0 Å². The number of ether oxygens (including phenoxy) is 1. The molecule has 2 heterocycles. The van der Waals surface area contributed by atoms with E-state index in [-0.39, 0.29) is 23.2 Å². The lowest BCUT2D eigenvalue weighted by Crippen LogP contribution is -2.40. The van der Waals surface area contributed by atoms with Gasteiger partial charge in [0.2, 0.25) is 10.0 Å². The maximum Gasteiger partial charge on any atom is 0.251 e. The van der Waals surface area contributed by atoms with E-state index in [0.29, 0.717) is 38.4 Å². The number of nitrogens with zero attached hydrogens (tertiary/aromatic N) is 3. The normalized spacial score (nSPS) is 15.1. The fourth-order valence-electron chi connectivity index (χ4n) is 2.70. The summed E-state index contributed by atoms with van der Waals surface area (Å²) < 4.78 is 33.6. The monoisotopic (exact) mass is 414 g/mol. The van der Waals surface area contributed by atoms with E-state index in [0.717, 1.165) is 13.0 Å². The van der Waals surface area contributed by atoms with E-state index in [9.17, 15) is 13.2 Å². The third kappa shape index (κ3) is 5.52. The average Bonchev–Trinajstić information content (AvgIpc) is 3.19. The number of sulfonamides is 1. The minimum atomic E-state index is -3.54. The Hall–Kier alpha value is -1.94. The highest BCUT2D eigenvalue weighted by atomic mass is 35.5. The molecule has 1 aliphatic heterocycles. The van der Waals surface area contributed by atoms with Crippen LogP contribution in [0.1, 0.15) is 16.8 Å². The third-order valence-corrected chi connectivity index (χ3v) is 6.08. The van der Waals surface area contributed by atoms with Crippen molar-refractivity contribution >= 4 is 28.3 Å². The van der Waals surface area contributed by atoms with Gasteiger partial charge in [-0.1, -0.05) is 0 Å². The van der Waals surface area contributed by atoms with Crippen LogP contribution in [-0.2, 0) is 21.3 Å². The predicted octanol–water partition coefficient (Wildman–Crippen LogP) is 1.15. The van der Waals surface area contributed by atoms with Crippen molar-refractivity contribution in [2.45, 2.75) is 17.9 Å². The average molecular weight is 415 g/mol. The van der Waals surface area contributed by atoms with E-state index in [1.807, 2.05) is 10.8 Å². The summed E-state index contributed by atoms with van der Waals surface area (Å²) in [7, 11) is -3.54. The highest BCUT2D eigenvalue weighted by molar-refractivity contribution is 7.89. The zero-order chi connectivity index (χ0) is 18.4. The lowest BCUT2D eigenvalue weighted by Gasteiger charge is -2.26. The lowest BCUT2D eigenvalue weighted by atomic mass is 10.2. The Morgan fingerprint density at radius 2 is 1.89 bits per heavy atom. The topological polar surface area (TPSA) is 93.5 Å². The zero-order valence-corrected chi connectivity index (χ0v) is 16.4. The maximum atomic E-state index is 12.6. The van der Waals surface area contributed by atoms with Crippen molar-refractivity contribution < 1.29 is 17.9 Å². The van der Waals surface area contributed by atoms with E-state index in [2.05, 4.69) is 10.3 Å². The molecule has 8 nitrogen and oxygen atoms in total. The van der Waals surface area contributed by atoms with Crippen LogP contribution in [0, 0.1) is 0 Å². The van der Waals surface area contributed by atoms with Crippen LogP contribution in [0.2, 0.25) is 0 Å². The maximum absolute atomic E-state index is 12.6. The molecule has 1 amide bonds. The van der Waals surface area contributed by atoms with Crippen molar-refractivity contribution in [2.24, 2.45) is 0 Å². The number of morpholine rings is 1. The molecule has 1 aromatic heterocycles. The number of hydrogen-bond acceptors (Lipinski definition) is 5. The van der Waals surface area contributed by atoms with Crippen LogP contribution >= 0.6 is 12.4 Å². The minimum absolute atomic E-state index is 0. The van der Waals surface area contributed by atoms with Crippen molar-refractivity contribution in [3.05, 3.63) is 48.5 Å². The molecule has 0 unspecified atom stereocenters. The Bertz CT molecular complexity index is 819. The van der Waals surface area contributed by atoms with Crippen LogP contribution in [0.25, 0.3) is 0 Å². The van der Waals surface area contributed by atoms with Gasteiger partial charge in [-0.05, 0) is 30.7 Å². The molecule has 1 N–H and O–H groups in total. The van der Waals surface area contributed by atoms with Crippen LogP contribution in [0.4, 0.5) is 0 Å². The number of aryl methyl sites for hydroxylation is 1. The summed E-state index contributed by atoms with van der Waals surface area (Å²) in [6, 6.07) is 6.04. The first-order valence-corrected chi connectivity index (χ1v) is 9.93. The molecular weight excluding hydrogens is 392 g/mol. The van der Waals surface area contributed by atoms with Crippen molar-refractivity contribution in [1.82, 2.24) is 19.2 Å². The number of rotatable bonds is 7. The van der Waals surface area contributed by atoms with Gasteiger partial charge in [-0.25, -0.2) is 13.4 Å². The van der Waals surface area contributed by atoms with Gasteiger partial charge in [-0.3, -0.25) is 4.79 Å². The summed E-state index contributed by atoms with van der Waals surface area (Å²) >= 11 is 0. The Morgan fingerprint density at radius 3 is 2.52 bits per heavy atom. The lowest BCUT2D eigenvalue weighted by molar-refractivity contribution is 0.0730. The number of halogens is 1. The zero-order valence-electron chi connectivity index (χ0n) is 14.8. The highest BCUT2D eigenvalue weighted by Gasteiger charge is 2.26. The quantitative estimate of drug-likeness (QED) is 0.686. The molecule has 0 radical (unpaired) electrons. The van der Waals surface area contributed by atoms with Crippen LogP contribution in [0.15, 0.2) is 47.9 Å². The molecule has 0 aliphatic carbocycles. The van der Waals surface area contributed by atoms with Crippen molar-refractivity contribution in [2.75, 3.05) is 32.8 Å². The van der Waals surface area contributed by atoms with E-state index in [1.54, 1.807) is 24.7 Å². The fourth-order valence-corrected chi connectivity index (χ4v) is 4.11. The first-order valence-electron chi connectivity index (χ1n) is 8.49. The Morgan fingerprint density at radius 1 is 1.19 bits per heavy atom. The molecule has 0 saturated carbocycles. The van der Waals surface area contributed by atoms with Gasteiger partial charge in [0.25, 0.3) is 5.91 Å². The van der Waals surface area contributed by atoms with Gasteiger partial charge in [-0.2, -0.15) is 4.31 Å². The summed E-state index contributed by atoms with van der Waals surface area (Å²) in [5, 5.41) is 2.83. The molecular formula is C17H23ClN4O4S. The standard InChI is InChI=1S/C17H22N4O4S.ClH/c22-17(19-6-1-8-20-9-7-18-14-20)15-2-4-16(5-3-15)26(23,24)21-10-12-25-13-11-21;/h2-5,7,9,14H,1,6,8,10-13H2,(H,19,22);1H. The SMILES string of the molecule is Cl.O=C(NCCCn1ccnc1)c1ccc(S(=O)(=O)N2CCOCC2)cc1. The van der Waals surface area contributed by atoms with Gasteiger partial charge in [0.1, 0.15) is 0 Å². The Labute approximate surface area is 165 Å². The van der Waals surface area contributed by atoms with Gasteiger partial charge in [0.05, 0.1) is 24.4 Å². The molecule has 2 aromatic rings.